The van der Waals surface area contributed by atoms with Crippen molar-refractivity contribution < 1.29 is 24.2 Å². The number of esters is 2. The summed E-state index contributed by atoms with van der Waals surface area (Å²) < 4.78 is 9.51. The lowest BCUT2D eigenvalue weighted by molar-refractivity contribution is -0.168. The van der Waals surface area contributed by atoms with E-state index in [1.807, 2.05) is 0 Å². The van der Waals surface area contributed by atoms with Crippen molar-refractivity contribution in [3.05, 3.63) is 12.7 Å². The normalized spacial score (nSPS) is 12.8. The molecule has 0 saturated heterocycles. The van der Waals surface area contributed by atoms with Crippen LogP contribution in [0, 0.1) is 0 Å². The summed E-state index contributed by atoms with van der Waals surface area (Å²) in [7, 11) is 0. The van der Waals surface area contributed by atoms with Gasteiger partial charge in [-0.1, -0.05) is 12.7 Å². The third kappa shape index (κ3) is 7.00. The molecule has 0 heterocycles. The third-order valence-electron chi connectivity index (χ3n) is 1.40. The Morgan fingerprint density at radius 2 is 2.00 bits per heavy atom. The number of rotatable bonds is 5. The maximum absolute atomic E-state index is 11.3. The second-order valence-electron chi connectivity index (χ2n) is 4.23. The summed E-state index contributed by atoms with van der Waals surface area (Å²) in [6.07, 6.45) is -0.503. The molecule has 16 heavy (non-hydrogen) atoms. The van der Waals surface area contributed by atoms with Crippen molar-refractivity contribution in [2.24, 2.45) is 0 Å². The Balaban J connectivity index is 4.05. The lowest BCUT2D eigenvalue weighted by atomic mass is 10.2. The van der Waals surface area contributed by atoms with Crippen molar-refractivity contribution >= 4 is 11.9 Å². The van der Waals surface area contributed by atoms with Crippen LogP contribution in [0.5, 0.6) is 0 Å². The molecule has 0 aliphatic carbocycles. The zero-order valence-corrected chi connectivity index (χ0v) is 9.86. The lowest BCUT2D eigenvalue weighted by Crippen LogP contribution is -2.33. The second kappa shape index (κ2) is 6.27. The van der Waals surface area contributed by atoms with Crippen LogP contribution in [0.15, 0.2) is 12.7 Å². The van der Waals surface area contributed by atoms with Crippen LogP contribution in [0.25, 0.3) is 0 Å². The Morgan fingerprint density at radius 3 is 2.44 bits per heavy atom. The van der Waals surface area contributed by atoms with Gasteiger partial charge in [-0.2, -0.15) is 0 Å². The largest absolute Gasteiger partial charge is 0.461 e. The van der Waals surface area contributed by atoms with Crippen LogP contribution in [0.2, 0.25) is 0 Å². The second-order valence-corrected chi connectivity index (χ2v) is 4.23. The van der Waals surface area contributed by atoms with Crippen LogP contribution in [0.1, 0.15) is 27.2 Å². The predicted octanol–water partition coefficient (Wildman–Crippen LogP) is 0.808. The molecule has 0 saturated carbocycles. The first-order chi connectivity index (χ1) is 7.26. The van der Waals surface area contributed by atoms with Crippen molar-refractivity contribution in [3.63, 3.8) is 0 Å². The summed E-state index contributed by atoms with van der Waals surface area (Å²) in [5.41, 5.74) is -0.691. The van der Waals surface area contributed by atoms with E-state index in [1.54, 1.807) is 20.8 Å². The molecule has 0 rings (SSSR count). The first-order valence-corrected chi connectivity index (χ1v) is 4.93. The molecule has 0 radical (unpaired) electrons. The van der Waals surface area contributed by atoms with Gasteiger partial charge in [-0.15, -0.1) is 0 Å². The molecule has 0 bridgehead atoms. The van der Waals surface area contributed by atoms with E-state index in [0.717, 1.165) is 0 Å². The van der Waals surface area contributed by atoms with Crippen LogP contribution >= 0.6 is 0 Å². The van der Waals surface area contributed by atoms with Gasteiger partial charge in [0.2, 0.25) is 0 Å². The molecule has 5 nitrogen and oxygen atoms in total. The number of carbonyl (C=O) groups is 2. The Kier molecular flexibility index (Phi) is 5.74. The first-order valence-electron chi connectivity index (χ1n) is 4.93. The number of ether oxygens (including phenoxy) is 2. The highest BCUT2D eigenvalue weighted by Gasteiger charge is 2.25. The Hall–Kier alpha value is -1.36. The summed E-state index contributed by atoms with van der Waals surface area (Å²) in [4.78, 5) is 22.3. The van der Waals surface area contributed by atoms with Gasteiger partial charge >= 0.3 is 11.9 Å². The van der Waals surface area contributed by atoms with Crippen molar-refractivity contribution in [2.75, 3.05) is 6.61 Å². The molecule has 0 unspecified atom stereocenters. The lowest BCUT2D eigenvalue weighted by Gasteiger charge is -2.21. The summed E-state index contributed by atoms with van der Waals surface area (Å²) in [6, 6.07) is 0. The van der Waals surface area contributed by atoms with Crippen LogP contribution in [0.3, 0.4) is 0 Å². The van der Waals surface area contributed by atoms with Gasteiger partial charge in [-0.05, 0) is 20.8 Å². The summed E-state index contributed by atoms with van der Waals surface area (Å²) in [6.45, 7) is 8.44. The monoisotopic (exact) mass is 230 g/mol. The van der Waals surface area contributed by atoms with Crippen molar-refractivity contribution in [2.45, 2.75) is 38.9 Å². The average Bonchev–Trinajstić information content (AvgIpc) is 2.11. The molecule has 5 heteroatoms. The van der Waals surface area contributed by atoms with Crippen LogP contribution in [-0.2, 0) is 19.1 Å². The van der Waals surface area contributed by atoms with Crippen molar-refractivity contribution in [3.8, 4) is 0 Å². The quantitative estimate of drug-likeness (QED) is 0.559. The standard InChI is InChI=1S/C11H18O5/c1-5-6-15-9(13)7-8(12)10(14)16-11(2,3)4/h5,8,12H,1,6-7H2,2-4H3/t8-/m0/s1. The van der Waals surface area contributed by atoms with Crippen LogP contribution < -0.4 is 0 Å². The molecule has 0 spiro atoms. The molecule has 0 aliphatic heterocycles. The smallest absolute Gasteiger partial charge is 0.336 e. The van der Waals surface area contributed by atoms with E-state index >= 15 is 0 Å². The Morgan fingerprint density at radius 1 is 1.44 bits per heavy atom. The van der Waals surface area contributed by atoms with Crippen molar-refractivity contribution in [1.29, 1.82) is 0 Å². The maximum atomic E-state index is 11.3. The van der Waals surface area contributed by atoms with Gasteiger partial charge in [0.05, 0.1) is 6.42 Å². The average molecular weight is 230 g/mol. The van der Waals surface area contributed by atoms with Gasteiger partial charge in [0.1, 0.15) is 12.2 Å². The fourth-order valence-corrected chi connectivity index (χ4v) is 0.822. The Bertz CT molecular complexity index is 264. The molecule has 0 aliphatic rings. The molecule has 0 aromatic carbocycles. The van der Waals surface area contributed by atoms with Crippen LogP contribution in [0.4, 0.5) is 0 Å². The fourth-order valence-electron chi connectivity index (χ4n) is 0.822. The summed E-state index contributed by atoms with van der Waals surface area (Å²) >= 11 is 0. The molecular weight excluding hydrogens is 212 g/mol. The van der Waals surface area contributed by atoms with E-state index in [9.17, 15) is 14.7 Å². The zero-order chi connectivity index (χ0) is 12.8. The minimum absolute atomic E-state index is 0.0554. The highest BCUT2D eigenvalue weighted by atomic mass is 16.6. The van der Waals surface area contributed by atoms with Gasteiger partial charge in [-0.3, -0.25) is 4.79 Å². The van der Waals surface area contributed by atoms with E-state index in [2.05, 4.69) is 11.3 Å². The maximum Gasteiger partial charge on any atom is 0.336 e. The molecule has 0 amide bonds. The first kappa shape index (κ1) is 14.6. The van der Waals surface area contributed by atoms with E-state index in [4.69, 9.17) is 4.74 Å². The van der Waals surface area contributed by atoms with E-state index in [1.165, 1.54) is 6.08 Å². The molecule has 0 fully saturated rings. The third-order valence-corrected chi connectivity index (χ3v) is 1.40. The van der Waals surface area contributed by atoms with E-state index in [0.29, 0.717) is 0 Å². The highest BCUT2D eigenvalue weighted by Crippen LogP contribution is 2.09. The number of hydrogen-bond acceptors (Lipinski definition) is 5. The van der Waals surface area contributed by atoms with Gasteiger partial charge in [0.15, 0.2) is 6.10 Å². The highest BCUT2D eigenvalue weighted by molar-refractivity contribution is 5.81. The molecule has 1 N–H and O–H groups in total. The summed E-state index contributed by atoms with van der Waals surface area (Å²) in [5, 5.41) is 9.35. The molecule has 1 atom stereocenters. The van der Waals surface area contributed by atoms with Gasteiger partial charge < -0.3 is 14.6 Å². The van der Waals surface area contributed by atoms with Crippen LogP contribution in [-0.4, -0.2) is 35.4 Å². The predicted molar refractivity (Wildman–Crippen MR) is 57.6 cm³/mol. The van der Waals surface area contributed by atoms with Gasteiger partial charge in [0.25, 0.3) is 0 Å². The number of carbonyl (C=O) groups excluding carboxylic acids is 2. The minimum atomic E-state index is -1.49. The molecule has 0 aromatic heterocycles. The SMILES string of the molecule is C=CCOC(=O)C[C@H](O)C(=O)OC(C)(C)C. The van der Waals surface area contributed by atoms with Gasteiger partial charge in [0, 0.05) is 0 Å². The zero-order valence-electron chi connectivity index (χ0n) is 9.86. The van der Waals surface area contributed by atoms with E-state index in [-0.39, 0.29) is 6.61 Å². The van der Waals surface area contributed by atoms with Crippen molar-refractivity contribution in [1.82, 2.24) is 0 Å². The molecular formula is C11H18O5. The molecule has 92 valence electrons. The Labute approximate surface area is 95.0 Å². The van der Waals surface area contributed by atoms with E-state index < -0.39 is 30.1 Å². The topological polar surface area (TPSA) is 72.8 Å². The van der Waals surface area contributed by atoms with Gasteiger partial charge in [-0.25, -0.2) is 4.79 Å². The fraction of sp³-hybridized carbons (Fsp3) is 0.636. The number of aliphatic hydroxyl groups is 1. The minimum Gasteiger partial charge on any atom is -0.461 e. The molecule has 0 aromatic rings. The summed E-state index contributed by atoms with van der Waals surface area (Å²) in [5.74, 6) is -1.50. The number of hydrogen-bond donors (Lipinski definition) is 1. The number of aliphatic hydroxyl groups excluding tert-OH is 1.